The van der Waals surface area contributed by atoms with Gasteiger partial charge in [-0.1, -0.05) is 6.92 Å². The van der Waals surface area contributed by atoms with Crippen LogP contribution in [0.5, 0.6) is 0 Å². The third kappa shape index (κ3) is 3.59. The summed E-state index contributed by atoms with van der Waals surface area (Å²) in [5.41, 5.74) is -0.631. The zero-order valence-corrected chi connectivity index (χ0v) is 12.4. The number of carbonyl (C=O) groups is 2. The molecule has 0 aromatic heterocycles. The Kier molecular flexibility index (Phi) is 5.60. The molecule has 0 radical (unpaired) electrons. The number of likely N-dealkylation sites (tertiary alicyclic amines) is 1. The van der Waals surface area contributed by atoms with Gasteiger partial charge in [-0.2, -0.15) is 0 Å². The summed E-state index contributed by atoms with van der Waals surface area (Å²) in [5, 5.41) is 3.30. The van der Waals surface area contributed by atoms with Crippen LogP contribution in [-0.4, -0.2) is 68.2 Å². The van der Waals surface area contributed by atoms with Gasteiger partial charge in [-0.15, -0.1) is 0 Å². The Labute approximate surface area is 115 Å². The lowest BCUT2D eigenvalue weighted by atomic mass is 9.87. The minimum Gasteiger partial charge on any atom is -0.468 e. The van der Waals surface area contributed by atoms with Crippen LogP contribution in [-0.2, 0) is 9.53 Å². The average Bonchev–Trinajstić information content (AvgIpc) is 2.43. The first kappa shape index (κ1) is 15.8. The molecule has 6 nitrogen and oxygen atoms in total. The zero-order chi connectivity index (χ0) is 14.5. The van der Waals surface area contributed by atoms with Crippen molar-refractivity contribution in [3.8, 4) is 0 Å². The summed E-state index contributed by atoms with van der Waals surface area (Å²) in [5.74, 6) is -0.224. The molecule has 1 aliphatic rings. The highest BCUT2D eigenvalue weighted by Crippen LogP contribution is 2.24. The van der Waals surface area contributed by atoms with Gasteiger partial charge in [0.25, 0.3) is 0 Å². The maximum absolute atomic E-state index is 12.0. The Morgan fingerprint density at radius 2 is 1.89 bits per heavy atom. The zero-order valence-electron chi connectivity index (χ0n) is 12.4. The minimum atomic E-state index is -0.631. The summed E-state index contributed by atoms with van der Waals surface area (Å²) in [7, 11) is 4.88. The fourth-order valence-electron chi connectivity index (χ4n) is 2.38. The third-order valence-electron chi connectivity index (χ3n) is 3.56. The van der Waals surface area contributed by atoms with Crippen LogP contribution >= 0.6 is 0 Å². The lowest BCUT2D eigenvalue weighted by Crippen LogP contribution is -2.60. The van der Waals surface area contributed by atoms with E-state index in [-0.39, 0.29) is 12.0 Å². The summed E-state index contributed by atoms with van der Waals surface area (Å²) >= 11 is 0. The standard InChI is InChI=1S/C13H25N3O3/c1-5-8-14-13(11(17)19-4)6-9-16(10-7-13)12(18)15(2)3/h14H,5-10H2,1-4H3. The Morgan fingerprint density at radius 3 is 2.32 bits per heavy atom. The predicted octanol–water partition coefficient (Wildman–Crippen LogP) is 0.675. The molecule has 0 spiro atoms. The van der Waals surface area contributed by atoms with Gasteiger partial charge in [0, 0.05) is 27.2 Å². The smallest absolute Gasteiger partial charge is 0.326 e. The number of amides is 2. The van der Waals surface area contributed by atoms with Crippen LogP contribution in [0.15, 0.2) is 0 Å². The number of esters is 1. The van der Waals surface area contributed by atoms with Crippen molar-refractivity contribution >= 4 is 12.0 Å². The fraction of sp³-hybridized carbons (Fsp3) is 0.846. The van der Waals surface area contributed by atoms with Crippen LogP contribution in [0.1, 0.15) is 26.2 Å². The van der Waals surface area contributed by atoms with E-state index in [1.807, 2.05) is 0 Å². The first-order valence-corrected chi connectivity index (χ1v) is 6.76. The third-order valence-corrected chi connectivity index (χ3v) is 3.56. The van der Waals surface area contributed by atoms with Crippen LogP contribution in [0.2, 0.25) is 0 Å². The summed E-state index contributed by atoms with van der Waals surface area (Å²) in [4.78, 5) is 27.2. The van der Waals surface area contributed by atoms with E-state index in [1.165, 1.54) is 7.11 Å². The highest BCUT2D eigenvalue weighted by molar-refractivity contribution is 5.81. The van der Waals surface area contributed by atoms with Crippen molar-refractivity contribution in [3.63, 3.8) is 0 Å². The number of rotatable bonds is 4. The van der Waals surface area contributed by atoms with Gasteiger partial charge >= 0.3 is 12.0 Å². The van der Waals surface area contributed by atoms with Crippen LogP contribution < -0.4 is 5.32 Å². The van der Waals surface area contributed by atoms with Crippen LogP contribution in [0.25, 0.3) is 0 Å². The van der Waals surface area contributed by atoms with Gasteiger partial charge in [-0.05, 0) is 25.8 Å². The molecule has 0 unspecified atom stereocenters. The van der Waals surface area contributed by atoms with E-state index in [0.717, 1.165) is 13.0 Å². The van der Waals surface area contributed by atoms with E-state index in [1.54, 1.807) is 23.9 Å². The maximum atomic E-state index is 12.0. The van der Waals surface area contributed by atoms with E-state index in [4.69, 9.17) is 4.74 Å². The van der Waals surface area contributed by atoms with Crippen molar-refractivity contribution in [2.75, 3.05) is 40.8 Å². The molecule has 1 aliphatic heterocycles. The van der Waals surface area contributed by atoms with Crippen molar-refractivity contribution < 1.29 is 14.3 Å². The molecule has 0 atom stereocenters. The van der Waals surface area contributed by atoms with Gasteiger partial charge in [0.1, 0.15) is 5.54 Å². The van der Waals surface area contributed by atoms with Crippen molar-refractivity contribution in [1.82, 2.24) is 15.1 Å². The molecule has 2 amide bonds. The molecule has 110 valence electrons. The van der Waals surface area contributed by atoms with Gasteiger partial charge < -0.3 is 19.9 Å². The number of nitrogens with zero attached hydrogens (tertiary/aromatic N) is 2. The molecule has 1 fully saturated rings. The lowest BCUT2D eigenvalue weighted by Gasteiger charge is -2.40. The number of hydrogen-bond acceptors (Lipinski definition) is 4. The van der Waals surface area contributed by atoms with Gasteiger partial charge in [-0.3, -0.25) is 4.79 Å². The van der Waals surface area contributed by atoms with Crippen molar-refractivity contribution in [1.29, 1.82) is 0 Å². The lowest BCUT2D eigenvalue weighted by molar-refractivity contribution is -0.150. The average molecular weight is 271 g/mol. The van der Waals surface area contributed by atoms with E-state index in [0.29, 0.717) is 25.9 Å². The van der Waals surface area contributed by atoms with Crippen LogP contribution in [0, 0.1) is 0 Å². The second-order valence-electron chi connectivity index (χ2n) is 5.16. The van der Waals surface area contributed by atoms with E-state index < -0.39 is 5.54 Å². The number of ether oxygens (including phenoxy) is 1. The van der Waals surface area contributed by atoms with Crippen molar-refractivity contribution in [2.45, 2.75) is 31.7 Å². The minimum absolute atomic E-state index is 0.00560. The number of methoxy groups -OCH3 is 1. The number of nitrogens with one attached hydrogen (secondary N) is 1. The second kappa shape index (κ2) is 6.75. The monoisotopic (exact) mass is 271 g/mol. The summed E-state index contributed by atoms with van der Waals surface area (Å²) in [6.07, 6.45) is 2.15. The molecule has 19 heavy (non-hydrogen) atoms. The SMILES string of the molecule is CCCNC1(C(=O)OC)CCN(C(=O)N(C)C)CC1. The quantitative estimate of drug-likeness (QED) is 0.764. The fourth-order valence-corrected chi connectivity index (χ4v) is 2.38. The molecular formula is C13H25N3O3. The Morgan fingerprint density at radius 1 is 1.32 bits per heavy atom. The number of piperidine rings is 1. The van der Waals surface area contributed by atoms with E-state index in [9.17, 15) is 9.59 Å². The van der Waals surface area contributed by atoms with Gasteiger partial charge in [0.2, 0.25) is 0 Å². The summed E-state index contributed by atoms with van der Waals surface area (Å²) < 4.78 is 4.92. The van der Waals surface area contributed by atoms with Crippen molar-refractivity contribution in [2.24, 2.45) is 0 Å². The Bertz CT molecular complexity index is 323. The van der Waals surface area contributed by atoms with Gasteiger partial charge in [0.05, 0.1) is 7.11 Å². The van der Waals surface area contributed by atoms with Gasteiger partial charge in [-0.25, -0.2) is 4.79 Å². The van der Waals surface area contributed by atoms with Crippen molar-refractivity contribution in [3.05, 3.63) is 0 Å². The molecular weight excluding hydrogens is 246 g/mol. The largest absolute Gasteiger partial charge is 0.468 e. The molecule has 6 heteroatoms. The molecule has 0 bridgehead atoms. The normalized spacial score (nSPS) is 18.0. The predicted molar refractivity (Wildman–Crippen MR) is 72.9 cm³/mol. The molecule has 0 saturated carbocycles. The maximum Gasteiger partial charge on any atom is 0.326 e. The number of hydrogen-bond donors (Lipinski definition) is 1. The molecule has 0 aromatic rings. The van der Waals surface area contributed by atoms with Gasteiger partial charge in [0.15, 0.2) is 0 Å². The number of carbonyl (C=O) groups excluding carboxylic acids is 2. The summed E-state index contributed by atoms with van der Waals surface area (Å²) in [6.45, 7) is 3.98. The first-order valence-electron chi connectivity index (χ1n) is 6.76. The number of urea groups is 1. The van der Waals surface area contributed by atoms with Crippen LogP contribution in [0.3, 0.4) is 0 Å². The van der Waals surface area contributed by atoms with E-state index in [2.05, 4.69) is 12.2 Å². The molecule has 1 heterocycles. The van der Waals surface area contributed by atoms with Crippen LogP contribution in [0.4, 0.5) is 4.79 Å². The first-order chi connectivity index (χ1) is 8.96. The Hall–Kier alpha value is -1.30. The molecule has 1 rings (SSSR count). The molecule has 0 aliphatic carbocycles. The van der Waals surface area contributed by atoms with E-state index >= 15 is 0 Å². The Balaban J connectivity index is 2.68. The topological polar surface area (TPSA) is 61.9 Å². The highest BCUT2D eigenvalue weighted by atomic mass is 16.5. The summed E-state index contributed by atoms with van der Waals surface area (Å²) in [6, 6.07) is -0.00560. The molecule has 1 saturated heterocycles. The second-order valence-corrected chi connectivity index (χ2v) is 5.16. The molecule has 1 N–H and O–H groups in total. The highest BCUT2D eigenvalue weighted by Gasteiger charge is 2.42. The molecule has 0 aromatic carbocycles.